The molecule has 1 amide bonds. The Hall–Kier alpha value is -3.52. The Bertz CT molecular complexity index is 1160. The molecule has 3 rings (SSSR count). The maximum absolute atomic E-state index is 12.6. The van der Waals surface area contributed by atoms with E-state index in [0.29, 0.717) is 22.9 Å². The van der Waals surface area contributed by atoms with Gasteiger partial charge in [0.2, 0.25) is 0 Å². The first kappa shape index (κ1) is 22.2. The quantitative estimate of drug-likeness (QED) is 0.547. The van der Waals surface area contributed by atoms with E-state index in [0.717, 1.165) is 5.56 Å². The molecule has 3 aromatic carbocycles. The van der Waals surface area contributed by atoms with Gasteiger partial charge in [-0.2, -0.15) is 0 Å². The van der Waals surface area contributed by atoms with Crippen LogP contribution in [0.25, 0.3) is 0 Å². The highest BCUT2D eigenvalue weighted by Crippen LogP contribution is 2.21. The van der Waals surface area contributed by atoms with E-state index in [1.807, 2.05) is 13.0 Å². The maximum atomic E-state index is 12.6. The van der Waals surface area contributed by atoms with Crippen LogP contribution in [-0.4, -0.2) is 27.5 Å². The average Bonchev–Trinajstić information content (AvgIpc) is 2.74. The van der Waals surface area contributed by atoms with Gasteiger partial charge in [-0.3, -0.25) is 9.52 Å². The predicted octanol–water partition coefficient (Wildman–Crippen LogP) is 4.21. The second-order valence-electron chi connectivity index (χ2n) is 6.93. The van der Waals surface area contributed by atoms with E-state index < -0.39 is 16.1 Å². The Kier molecular flexibility index (Phi) is 6.81. The largest absolute Gasteiger partial charge is 0.497 e. The molecule has 0 fully saturated rings. The average molecular weight is 441 g/mol. The van der Waals surface area contributed by atoms with Gasteiger partial charge in [0.1, 0.15) is 11.5 Å². The van der Waals surface area contributed by atoms with Gasteiger partial charge in [0, 0.05) is 17.4 Å². The number of ether oxygens (including phenoxy) is 2. The van der Waals surface area contributed by atoms with Gasteiger partial charge in [-0.05, 0) is 67.9 Å². The summed E-state index contributed by atoms with van der Waals surface area (Å²) in [6, 6.07) is 20.0. The number of nitrogens with one attached hydrogen (secondary N) is 2. The predicted molar refractivity (Wildman–Crippen MR) is 120 cm³/mol. The van der Waals surface area contributed by atoms with E-state index >= 15 is 0 Å². The fourth-order valence-corrected chi connectivity index (χ4v) is 3.87. The Morgan fingerprint density at radius 3 is 2.26 bits per heavy atom. The Labute approximate surface area is 182 Å². The molecule has 0 heterocycles. The van der Waals surface area contributed by atoms with Crippen LogP contribution < -0.4 is 19.5 Å². The van der Waals surface area contributed by atoms with Crippen LogP contribution in [0, 0.1) is 6.92 Å². The summed E-state index contributed by atoms with van der Waals surface area (Å²) in [7, 11) is -2.19. The van der Waals surface area contributed by atoms with Crippen molar-refractivity contribution < 1.29 is 22.7 Å². The Morgan fingerprint density at radius 2 is 1.58 bits per heavy atom. The van der Waals surface area contributed by atoms with E-state index in [1.54, 1.807) is 56.5 Å². The van der Waals surface area contributed by atoms with E-state index in [1.165, 1.54) is 24.3 Å². The molecule has 0 aliphatic rings. The van der Waals surface area contributed by atoms with Crippen LogP contribution >= 0.6 is 0 Å². The summed E-state index contributed by atoms with van der Waals surface area (Å²) in [6.45, 7) is 3.51. The molecule has 162 valence electrons. The normalized spacial score (nSPS) is 12.0. The fraction of sp³-hybridized carbons (Fsp3) is 0.174. The van der Waals surface area contributed by atoms with Crippen LogP contribution in [0.1, 0.15) is 12.5 Å². The highest BCUT2D eigenvalue weighted by molar-refractivity contribution is 7.92. The lowest BCUT2D eigenvalue weighted by Gasteiger charge is -2.15. The molecule has 2 N–H and O–H groups in total. The first-order valence-electron chi connectivity index (χ1n) is 9.58. The van der Waals surface area contributed by atoms with Gasteiger partial charge in [-0.1, -0.05) is 18.2 Å². The monoisotopic (exact) mass is 440 g/mol. The van der Waals surface area contributed by atoms with Gasteiger partial charge < -0.3 is 14.8 Å². The molecule has 0 aliphatic heterocycles. The summed E-state index contributed by atoms with van der Waals surface area (Å²) in [5.41, 5.74) is 1.89. The number of hydrogen-bond acceptors (Lipinski definition) is 5. The van der Waals surface area contributed by atoms with E-state index in [9.17, 15) is 13.2 Å². The van der Waals surface area contributed by atoms with Crippen molar-refractivity contribution in [3.63, 3.8) is 0 Å². The lowest BCUT2D eigenvalue weighted by atomic mass is 10.2. The third-order valence-electron chi connectivity index (χ3n) is 4.43. The van der Waals surface area contributed by atoms with Crippen molar-refractivity contribution in [3.05, 3.63) is 78.4 Å². The lowest BCUT2D eigenvalue weighted by molar-refractivity contribution is -0.122. The number of carbonyl (C=O) groups excluding carboxylic acids is 1. The van der Waals surface area contributed by atoms with Gasteiger partial charge >= 0.3 is 0 Å². The number of sulfonamides is 1. The highest BCUT2D eigenvalue weighted by Gasteiger charge is 2.17. The minimum atomic E-state index is -3.74. The third kappa shape index (κ3) is 5.99. The molecule has 31 heavy (non-hydrogen) atoms. The number of methoxy groups -OCH3 is 1. The van der Waals surface area contributed by atoms with Crippen molar-refractivity contribution >= 4 is 27.3 Å². The Balaban J connectivity index is 1.63. The van der Waals surface area contributed by atoms with Crippen molar-refractivity contribution in [2.24, 2.45) is 0 Å². The molecular weight excluding hydrogens is 416 g/mol. The molecule has 7 nitrogen and oxygen atoms in total. The van der Waals surface area contributed by atoms with Gasteiger partial charge in [0.15, 0.2) is 6.10 Å². The number of amides is 1. The van der Waals surface area contributed by atoms with Crippen molar-refractivity contribution in [3.8, 4) is 11.5 Å². The first-order valence-corrected chi connectivity index (χ1v) is 11.1. The van der Waals surface area contributed by atoms with Crippen LogP contribution in [0.5, 0.6) is 11.5 Å². The lowest BCUT2D eigenvalue weighted by Crippen LogP contribution is -2.30. The van der Waals surface area contributed by atoms with Crippen molar-refractivity contribution in [2.75, 3.05) is 17.1 Å². The fourth-order valence-electron chi connectivity index (χ4n) is 2.82. The van der Waals surface area contributed by atoms with Gasteiger partial charge in [-0.25, -0.2) is 8.42 Å². The molecule has 0 radical (unpaired) electrons. The van der Waals surface area contributed by atoms with Crippen LogP contribution in [0.4, 0.5) is 11.4 Å². The molecule has 0 aliphatic carbocycles. The number of carbonyl (C=O) groups is 1. The molecule has 0 spiro atoms. The number of benzene rings is 3. The van der Waals surface area contributed by atoms with Gasteiger partial charge in [-0.15, -0.1) is 0 Å². The molecule has 1 atom stereocenters. The highest BCUT2D eigenvalue weighted by atomic mass is 32.2. The SMILES string of the molecule is COc1cccc(OC(C)C(=O)Nc2ccc(S(=O)(=O)Nc3cccc(C)c3)cc2)c1. The third-order valence-corrected chi connectivity index (χ3v) is 5.82. The molecule has 0 saturated heterocycles. The van der Waals surface area contributed by atoms with Crippen LogP contribution in [-0.2, 0) is 14.8 Å². The Morgan fingerprint density at radius 1 is 0.903 bits per heavy atom. The van der Waals surface area contributed by atoms with Gasteiger partial charge in [0.25, 0.3) is 15.9 Å². The summed E-state index contributed by atoms with van der Waals surface area (Å²) < 4.78 is 38.5. The summed E-state index contributed by atoms with van der Waals surface area (Å²) >= 11 is 0. The summed E-state index contributed by atoms with van der Waals surface area (Å²) in [6.07, 6.45) is -0.765. The van der Waals surface area contributed by atoms with E-state index in [2.05, 4.69) is 10.0 Å². The zero-order chi connectivity index (χ0) is 22.4. The van der Waals surface area contributed by atoms with Crippen LogP contribution in [0.15, 0.2) is 77.7 Å². The smallest absolute Gasteiger partial charge is 0.265 e. The topological polar surface area (TPSA) is 93.7 Å². The van der Waals surface area contributed by atoms with E-state index in [4.69, 9.17) is 9.47 Å². The minimum Gasteiger partial charge on any atom is -0.497 e. The maximum Gasteiger partial charge on any atom is 0.265 e. The molecule has 0 bridgehead atoms. The van der Waals surface area contributed by atoms with Crippen LogP contribution in [0.2, 0.25) is 0 Å². The van der Waals surface area contributed by atoms with Crippen LogP contribution in [0.3, 0.4) is 0 Å². The summed E-state index contributed by atoms with van der Waals surface area (Å²) in [5, 5.41) is 2.72. The van der Waals surface area contributed by atoms with E-state index in [-0.39, 0.29) is 10.8 Å². The number of aryl methyl sites for hydroxylation is 1. The van der Waals surface area contributed by atoms with Crippen molar-refractivity contribution in [1.82, 2.24) is 0 Å². The van der Waals surface area contributed by atoms with Gasteiger partial charge in [0.05, 0.1) is 12.0 Å². The second-order valence-corrected chi connectivity index (χ2v) is 8.61. The molecular formula is C23H24N2O5S. The molecule has 1 unspecified atom stereocenters. The second kappa shape index (κ2) is 9.53. The zero-order valence-corrected chi connectivity index (χ0v) is 18.3. The molecule has 0 aromatic heterocycles. The number of anilines is 2. The molecule has 3 aromatic rings. The van der Waals surface area contributed by atoms with Crippen molar-refractivity contribution in [2.45, 2.75) is 24.8 Å². The van der Waals surface area contributed by atoms with Crippen molar-refractivity contribution in [1.29, 1.82) is 0 Å². The standard InChI is InChI=1S/C23H24N2O5S/c1-16-6-4-7-19(14-16)25-31(27,28)22-12-10-18(11-13-22)24-23(26)17(2)30-21-9-5-8-20(15-21)29-3/h4-15,17,25H,1-3H3,(H,24,26). The summed E-state index contributed by atoms with van der Waals surface area (Å²) in [4.78, 5) is 12.5. The molecule has 0 saturated carbocycles. The molecule has 8 heteroatoms. The number of hydrogen-bond donors (Lipinski definition) is 2. The number of rotatable bonds is 8. The zero-order valence-electron chi connectivity index (χ0n) is 17.5. The minimum absolute atomic E-state index is 0.0904. The summed E-state index contributed by atoms with van der Waals surface area (Å²) in [5.74, 6) is 0.767. The first-order chi connectivity index (χ1) is 14.8.